The third-order valence-corrected chi connectivity index (χ3v) is 11.8. The number of halogens is 1. The smallest absolute Gasteiger partial charge is 0.319 e. The molecule has 25 heteroatoms. The van der Waals surface area contributed by atoms with Gasteiger partial charge < -0.3 is 34.0 Å². The van der Waals surface area contributed by atoms with E-state index in [4.69, 9.17) is 30.8 Å². The third kappa shape index (κ3) is 9.86. The molecule has 7 heterocycles. The third-order valence-electron chi connectivity index (χ3n) is 11.6. The topological polar surface area (TPSA) is 286 Å². The number of carbonyl (C=O) groups excluding carboxylic acids is 7. The number of aryl methyl sites for hydroxylation is 2. The Morgan fingerprint density at radius 2 is 1.68 bits per heavy atom. The van der Waals surface area contributed by atoms with Gasteiger partial charge in [0.1, 0.15) is 23.3 Å². The Balaban J connectivity index is 0.775. The average Bonchev–Trinajstić information content (AvgIpc) is 4.10. The molecule has 0 radical (unpaired) electrons. The number of hydrogen-bond acceptors (Lipinski definition) is 16. The van der Waals surface area contributed by atoms with E-state index in [1.54, 1.807) is 17.9 Å². The number of aromatic nitrogens is 8. The molecule has 5 aromatic rings. The highest BCUT2D eigenvalue weighted by Gasteiger charge is 2.46. The molecule has 1 fully saturated rings. The Morgan fingerprint density at radius 1 is 0.899 bits per heavy atom. The summed E-state index contributed by atoms with van der Waals surface area (Å²) in [5.41, 5.74) is 0.975. The van der Waals surface area contributed by atoms with Crippen LogP contribution < -0.4 is 40.6 Å². The van der Waals surface area contributed by atoms with E-state index in [-0.39, 0.29) is 76.2 Å². The van der Waals surface area contributed by atoms with Crippen LogP contribution in [-0.2, 0) is 41.1 Å². The van der Waals surface area contributed by atoms with E-state index in [0.717, 1.165) is 17.7 Å². The fraction of sp³-hybridized carbons (Fsp3) is 0.386. The van der Waals surface area contributed by atoms with Crippen LogP contribution in [0.2, 0.25) is 5.02 Å². The Kier molecular flexibility index (Phi) is 14.1. The zero-order chi connectivity index (χ0) is 48.9. The highest BCUT2D eigenvalue weighted by Crippen LogP contribution is 2.36. The molecule has 3 N–H and O–H groups in total. The van der Waals surface area contributed by atoms with Crippen molar-refractivity contribution >= 4 is 58.6 Å². The molecule has 69 heavy (non-hydrogen) atoms. The maximum absolute atomic E-state index is 13.8. The average molecular weight is 968 g/mol. The maximum atomic E-state index is 13.8. The normalized spacial score (nSPS) is 15.3. The van der Waals surface area contributed by atoms with Crippen molar-refractivity contribution in [3.8, 4) is 29.0 Å². The summed E-state index contributed by atoms with van der Waals surface area (Å²) in [6.45, 7) is 1.06. The van der Waals surface area contributed by atoms with Crippen LogP contribution in [0, 0.1) is 0 Å². The Hall–Kier alpha value is -8.02. The zero-order valence-electron chi connectivity index (χ0n) is 37.7. The number of benzene rings is 1. The van der Waals surface area contributed by atoms with Crippen LogP contribution in [-0.4, -0.2) is 125 Å². The van der Waals surface area contributed by atoms with Gasteiger partial charge in [0, 0.05) is 52.0 Å². The zero-order valence-corrected chi connectivity index (χ0v) is 38.4. The number of rotatable bonds is 20. The lowest BCUT2D eigenvalue weighted by atomic mass is 10.0. The number of nitrogens with one attached hydrogen (secondary N) is 3. The quantitative estimate of drug-likeness (QED) is 0.0735. The number of pyridine rings is 1. The van der Waals surface area contributed by atoms with E-state index in [9.17, 15) is 38.4 Å². The Labute approximate surface area is 397 Å². The number of fused-ring (bicyclic) bond motifs is 2. The van der Waals surface area contributed by atoms with Crippen LogP contribution in [0.4, 0.5) is 5.69 Å². The van der Waals surface area contributed by atoms with E-state index in [1.807, 2.05) is 4.57 Å². The number of anilines is 1. The predicted molar refractivity (Wildman–Crippen MR) is 241 cm³/mol. The molecule has 0 spiro atoms. The first-order valence-corrected chi connectivity index (χ1v) is 22.3. The summed E-state index contributed by atoms with van der Waals surface area (Å²) in [6.07, 6.45) is 7.83. The lowest BCUT2D eigenvalue weighted by molar-refractivity contribution is -0.136. The molecule has 360 valence electrons. The number of ether oxygens (including phenoxy) is 3. The van der Waals surface area contributed by atoms with Gasteiger partial charge in [0.05, 0.1) is 54.4 Å². The second-order valence-corrected chi connectivity index (χ2v) is 16.6. The van der Waals surface area contributed by atoms with E-state index in [2.05, 4.69) is 36.2 Å². The van der Waals surface area contributed by atoms with Gasteiger partial charge in [-0.05, 0) is 43.9 Å². The second-order valence-electron chi connectivity index (χ2n) is 16.2. The van der Waals surface area contributed by atoms with Crippen molar-refractivity contribution < 1.29 is 47.8 Å². The van der Waals surface area contributed by atoms with Gasteiger partial charge in [0.25, 0.3) is 35.1 Å². The van der Waals surface area contributed by atoms with Gasteiger partial charge in [-0.25, -0.2) is 9.97 Å². The van der Waals surface area contributed by atoms with Crippen molar-refractivity contribution in [2.24, 2.45) is 7.05 Å². The number of methoxy groups -OCH3 is 2. The Bertz CT molecular complexity index is 2950. The molecule has 7 amide bonds. The molecule has 3 aliphatic rings. The molecule has 24 nitrogen and oxygen atoms in total. The summed E-state index contributed by atoms with van der Waals surface area (Å²) in [5, 5.41) is 16.2. The number of carbonyl (C=O) groups is 7. The number of imidazole rings is 1. The largest absolute Gasteiger partial charge is 0.483 e. The molecule has 0 aliphatic carbocycles. The highest BCUT2D eigenvalue weighted by molar-refractivity contribution is 6.31. The number of imide groups is 2. The lowest BCUT2D eigenvalue weighted by Crippen LogP contribution is -2.54. The summed E-state index contributed by atoms with van der Waals surface area (Å²) in [6, 6.07) is 4.82. The summed E-state index contributed by atoms with van der Waals surface area (Å²) in [5.74, 6) is -3.32. The molecule has 3 aliphatic heterocycles. The van der Waals surface area contributed by atoms with Gasteiger partial charge in [-0.15, -0.1) is 5.10 Å². The first-order chi connectivity index (χ1) is 33.3. The van der Waals surface area contributed by atoms with Crippen molar-refractivity contribution in [1.29, 1.82) is 0 Å². The maximum Gasteiger partial charge on any atom is 0.319 e. The molecule has 8 rings (SSSR count). The molecule has 0 saturated carbocycles. The summed E-state index contributed by atoms with van der Waals surface area (Å²) < 4.78 is 21.0. The number of amides is 7. The SMILES string of the molecule is COc1ncc(-c2nc3c(n2CCCn2cc(C(=O)NCCCCCCNC(=O)COc4cccc5c4C(=O)N(C4CCC(=O)NC4=O)C5=O)nn2)CN(c2cc(Cl)cn(C)c2=O)C3=O)c(OC)n1. The Morgan fingerprint density at radius 3 is 2.43 bits per heavy atom. The van der Waals surface area contributed by atoms with Crippen molar-refractivity contribution in [1.82, 2.24) is 59.9 Å². The number of nitrogens with zero attached hydrogens (tertiary/aromatic N) is 10. The van der Waals surface area contributed by atoms with E-state index in [0.29, 0.717) is 62.5 Å². The van der Waals surface area contributed by atoms with Gasteiger partial charge in [-0.2, -0.15) is 4.98 Å². The van der Waals surface area contributed by atoms with Crippen LogP contribution in [0.3, 0.4) is 0 Å². The molecule has 1 unspecified atom stereocenters. The minimum atomic E-state index is -1.12. The van der Waals surface area contributed by atoms with E-state index >= 15 is 0 Å². The van der Waals surface area contributed by atoms with Crippen LogP contribution >= 0.6 is 11.6 Å². The van der Waals surface area contributed by atoms with Crippen LogP contribution in [0.1, 0.15) is 92.3 Å². The predicted octanol–water partition coefficient (Wildman–Crippen LogP) is 1.44. The fourth-order valence-corrected chi connectivity index (χ4v) is 8.49. The fourth-order valence-electron chi connectivity index (χ4n) is 8.24. The lowest BCUT2D eigenvalue weighted by Gasteiger charge is -2.27. The molecular formula is C44H46ClN13O11. The van der Waals surface area contributed by atoms with Gasteiger partial charge in [0.15, 0.2) is 18.0 Å². The monoisotopic (exact) mass is 967 g/mol. The van der Waals surface area contributed by atoms with E-state index < -0.39 is 53.7 Å². The van der Waals surface area contributed by atoms with Gasteiger partial charge in [-0.3, -0.25) is 58.2 Å². The van der Waals surface area contributed by atoms with Crippen molar-refractivity contribution in [2.45, 2.75) is 70.6 Å². The minimum Gasteiger partial charge on any atom is -0.483 e. The molecular weight excluding hydrogens is 922 g/mol. The van der Waals surface area contributed by atoms with Gasteiger partial charge >= 0.3 is 6.01 Å². The second kappa shape index (κ2) is 20.5. The standard InChI is InChI=1S/C44H46ClN13O11/c1-54-20-24(45)18-29(41(54)64)57-22-30-35(43(57)66)50-36(26-19-48-44(68-3)51-39(26)67-2)56(30)17-9-16-55-21-27(52-53-55)37(61)47-15-7-5-4-6-14-46-33(60)23-69-31-11-8-10-25-34(31)42(65)58(40(25)63)28-12-13-32(59)49-38(28)62/h8,10-11,18-21,28H,4-7,9,12-17,22-23H2,1-3H3,(H,46,60)(H,47,61)(H,49,59,62). The minimum absolute atomic E-state index is 0.00754. The van der Waals surface area contributed by atoms with Crippen molar-refractivity contribution in [3.63, 3.8) is 0 Å². The molecule has 1 aromatic carbocycles. The summed E-state index contributed by atoms with van der Waals surface area (Å²) >= 11 is 6.26. The number of unbranched alkanes of at least 4 members (excludes halogenated alkanes) is 3. The number of hydrogen-bond donors (Lipinski definition) is 3. The first-order valence-electron chi connectivity index (χ1n) is 21.9. The van der Waals surface area contributed by atoms with Gasteiger partial charge in [0.2, 0.25) is 17.7 Å². The van der Waals surface area contributed by atoms with Gasteiger partial charge in [-0.1, -0.05) is 35.7 Å². The molecule has 4 aromatic heterocycles. The molecule has 1 atom stereocenters. The van der Waals surface area contributed by atoms with E-state index in [1.165, 1.54) is 60.3 Å². The molecule has 0 bridgehead atoms. The van der Waals surface area contributed by atoms with Crippen LogP contribution in [0.25, 0.3) is 11.4 Å². The van der Waals surface area contributed by atoms with Crippen LogP contribution in [0.5, 0.6) is 17.6 Å². The number of piperidine rings is 1. The summed E-state index contributed by atoms with van der Waals surface area (Å²) in [4.78, 5) is 118. The van der Waals surface area contributed by atoms with Crippen molar-refractivity contribution in [2.75, 3.05) is 38.8 Å². The highest BCUT2D eigenvalue weighted by atomic mass is 35.5. The summed E-state index contributed by atoms with van der Waals surface area (Å²) in [7, 11) is 4.42. The molecule has 1 saturated heterocycles. The first kappa shape index (κ1) is 47.5. The van der Waals surface area contributed by atoms with Crippen molar-refractivity contribution in [3.05, 3.63) is 86.4 Å². The van der Waals surface area contributed by atoms with Crippen LogP contribution in [0.15, 0.2) is 47.7 Å².